The minimum atomic E-state index is 0.677. The summed E-state index contributed by atoms with van der Waals surface area (Å²) in [5.74, 6) is 0.785. The van der Waals surface area contributed by atoms with E-state index < -0.39 is 0 Å². The first kappa shape index (κ1) is 10.2. The van der Waals surface area contributed by atoms with Gasteiger partial charge in [-0.3, -0.25) is 0 Å². The van der Waals surface area contributed by atoms with Crippen LogP contribution < -0.4 is 0 Å². The van der Waals surface area contributed by atoms with Crippen LogP contribution in [0.4, 0.5) is 0 Å². The molecule has 0 aromatic carbocycles. The molecule has 0 saturated heterocycles. The van der Waals surface area contributed by atoms with E-state index in [0.717, 1.165) is 5.76 Å². The second kappa shape index (κ2) is 5.97. The van der Waals surface area contributed by atoms with Crippen molar-refractivity contribution in [3.05, 3.63) is 22.4 Å². The topological polar surface area (TPSA) is 41.8 Å². The van der Waals surface area contributed by atoms with Crippen LogP contribution in [0.1, 0.15) is 6.92 Å². The first-order valence-electron chi connectivity index (χ1n) is 2.96. The van der Waals surface area contributed by atoms with Crippen LogP contribution in [0.2, 0.25) is 0 Å². The number of halogens is 1. The Morgan fingerprint density at radius 2 is 2.18 bits per heavy atom. The van der Waals surface area contributed by atoms with E-state index in [-0.39, 0.29) is 0 Å². The van der Waals surface area contributed by atoms with E-state index in [1.807, 2.05) is 6.92 Å². The SMILES string of the molecule is CO/C(C)=C/C=C(Br)\C=N\O. The quantitative estimate of drug-likeness (QED) is 0.260. The van der Waals surface area contributed by atoms with Crippen LogP contribution in [-0.4, -0.2) is 18.5 Å². The molecule has 0 aliphatic heterocycles. The Morgan fingerprint density at radius 3 is 2.64 bits per heavy atom. The molecule has 0 rings (SSSR count). The zero-order chi connectivity index (χ0) is 8.69. The molecule has 0 aliphatic carbocycles. The van der Waals surface area contributed by atoms with Crippen LogP contribution in [0, 0.1) is 0 Å². The molecule has 0 unspecified atom stereocenters. The highest BCUT2D eigenvalue weighted by molar-refractivity contribution is 9.12. The molecule has 0 spiro atoms. The number of hydrogen-bond acceptors (Lipinski definition) is 3. The molecular weight excluding hydrogens is 210 g/mol. The molecule has 3 nitrogen and oxygen atoms in total. The van der Waals surface area contributed by atoms with Crippen LogP contribution in [0.5, 0.6) is 0 Å². The van der Waals surface area contributed by atoms with Gasteiger partial charge >= 0.3 is 0 Å². The van der Waals surface area contributed by atoms with Crippen molar-refractivity contribution in [2.45, 2.75) is 6.92 Å². The van der Waals surface area contributed by atoms with Gasteiger partial charge in [0.05, 0.1) is 19.1 Å². The summed E-state index contributed by atoms with van der Waals surface area (Å²) in [5.41, 5.74) is 0. The minimum absolute atomic E-state index is 0.677. The maximum absolute atomic E-state index is 8.11. The Bertz CT molecular complexity index is 197. The fourth-order valence-electron chi connectivity index (χ4n) is 0.363. The van der Waals surface area contributed by atoms with E-state index in [0.29, 0.717) is 4.48 Å². The highest BCUT2D eigenvalue weighted by atomic mass is 79.9. The molecule has 11 heavy (non-hydrogen) atoms. The van der Waals surface area contributed by atoms with Crippen molar-refractivity contribution in [2.75, 3.05) is 7.11 Å². The lowest BCUT2D eigenvalue weighted by molar-refractivity contribution is 0.294. The smallest absolute Gasteiger partial charge is 0.0924 e. The van der Waals surface area contributed by atoms with Gasteiger partial charge in [0.1, 0.15) is 0 Å². The molecular formula is C7H10BrNO2. The van der Waals surface area contributed by atoms with E-state index in [4.69, 9.17) is 9.94 Å². The van der Waals surface area contributed by atoms with Crippen molar-refractivity contribution in [1.29, 1.82) is 0 Å². The summed E-state index contributed by atoms with van der Waals surface area (Å²) in [7, 11) is 1.59. The van der Waals surface area contributed by atoms with Crippen molar-refractivity contribution in [1.82, 2.24) is 0 Å². The summed E-state index contributed by atoms with van der Waals surface area (Å²) in [6.07, 6.45) is 4.75. The number of oxime groups is 1. The lowest BCUT2D eigenvalue weighted by Gasteiger charge is -1.93. The van der Waals surface area contributed by atoms with Crippen molar-refractivity contribution in [3.8, 4) is 0 Å². The van der Waals surface area contributed by atoms with Crippen molar-refractivity contribution in [2.24, 2.45) is 5.16 Å². The molecule has 1 N–H and O–H groups in total. The second-order valence-electron chi connectivity index (χ2n) is 1.78. The van der Waals surface area contributed by atoms with Gasteiger partial charge in [-0.2, -0.15) is 0 Å². The van der Waals surface area contributed by atoms with Gasteiger partial charge in [-0.05, 0) is 35.0 Å². The van der Waals surface area contributed by atoms with Crippen LogP contribution in [0.15, 0.2) is 27.5 Å². The third-order valence-corrected chi connectivity index (χ3v) is 1.45. The Kier molecular flexibility index (Phi) is 5.56. The summed E-state index contributed by atoms with van der Waals surface area (Å²) < 4.78 is 5.54. The Balaban J connectivity index is 4.10. The highest BCUT2D eigenvalue weighted by Crippen LogP contribution is 2.02. The molecule has 0 aromatic rings. The average Bonchev–Trinajstić information content (AvgIpc) is 2.01. The van der Waals surface area contributed by atoms with Gasteiger partial charge in [0.2, 0.25) is 0 Å². The maximum atomic E-state index is 8.11. The molecule has 0 amide bonds. The first-order chi connectivity index (χ1) is 5.20. The lowest BCUT2D eigenvalue weighted by Crippen LogP contribution is -1.77. The number of nitrogens with zero attached hydrogens (tertiary/aromatic N) is 1. The summed E-state index contributed by atoms with van der Waals surface area (Å²) in [4.78, 5) is 0. The van der Waals surface area contributed by atoms with Gasteiger partial charge in [-0.25, -0.2) is 0 Å². The molecule has 0 atom stereocenters. The summed E-state index contributed by atoms with van der Waals surface area (Å²) >= 11 is 3.15. The predicted octanol–water partition coefficient (Wildman–Crippen LogP) is 2.28. The molecule has 0 saturated carbocycles. The molecule has 0 aliphatic rings. The standard InChI is InChI=1S/C7H10BrNO2/c1-6(11-2)3-4-7(8)5-9-10/h3-5,10H,1-2H3/b6-3+,7-4+,9-5+. The van der Waals surface area contributed by atoms with E-state index in [1.165, 1.54) is 6.21 Å². The van der Waals surface area contributed by atoms with Crippen molar-refractivity contribution < 1.29 is 9.94 Å². The van der Waals surface area contributed by atoms with E-state index in [1.54, 1.807) is 19.3 Å². The Hall–Kier alpha value is -0.770. The third kappa shape index (κ3) is 5.66. The summed E-state index contributed by atoms with van der Waals surface area (Å²) in [5, 5.41) is 10.9. The van der Waals surface area contributed by atoms with Gasteiger partial charge in [0, 0.05) is 4.48 Å². The van der Waals surface area contributed by atoms with Crippen LogP contribution in [-0.2, 0) is 4.74 Å². The largest absolute Gasteiger partial charge is 0.501 e. The van der Waals surface area contributed by atoms with Crippen molar-refractivity contribution >= 4 is 22.1 Å². The monoisotopic (exact) mass is 219 g/mol. The fraction of sp³-hybridized carbons (Fsp3) is 0.286. The fourth-order valence-corrected chi connectivity index (χ4v) is 0.587. The Labute approximate surface area is 74.2 Å². The van der Waals surface area contributed by atoms with E-state index in [9.17, 15) is 0 Å². The van der Waals surface area contributed by atoms with Crippen LogP contribution in [0.3, 0.4) is 0 Å². The summed E-state index contributed by atoms with van der Waals surface area (Å²) in [6.45, 7) is 1.83. The van der Waals surface area contributed by atoms with E-state index in [2.05, 4.69) is 21.1 Å². The molecule has 4 heteroatoms. The first-order valence-corrected chi connectivity index (χ1v) is 3.75. The molecule has 62 valence electrons. The van der Waals surface area contributed by atoms with Crippen molar-refractivity contribution in [3.63, 3.8) is 0 Å². The van der Waals surface area contributed by atoms with Gasteiger partial charge < -0.3 is 9.94 Å². The number of methoxy groups -OCH3 is 1. The predicted molar refractivity (Wildman–Crippen MR) is 48.1 cm³/mol. The second-order valence-corrected chi connectivity index (χ2v) is 2.69. The molecule has 0 heterocycles. The minimum Gasteiger partial charge on any atom is -0.501 e. The van der Waals surface area contributed by atoms with Gasteiger partial charge in [0.15, 0.2) is 0 Å². The van der Waals surface area contributed by atoms with Gasteiger partial charge in [-0.1, -0.05) is 5.16 Å². The maximum Gasteiger partial charge on any atom is 0.0924 e. The molecule has 0 bridgehead atoms. The zero-order valence-corrected chi connectivity index (χ0v) is 8.00. The summed E-state index contributed by atoms with van der Waals surface area (Å²) in [6, 6.07) is 0. The number of rotatable bonds is 3. The zero-order valence-electron chi connectivity index (χ0n) is 6.41. The Morgan fingerprint density at radius 1 is 1.55 bits per heavy atom. The molecule has 0 aromatic heterocycles. The number of allylic oxidation sites excluding steroid dienone is 4. The highest BCUT2D eigenvalue weighted by Gasteiger charge is 1.83. The van der Waals surface area contributed by atoms with Gasteiger partial charge in [-0.15, -0.1) is 0 Å². The number of ether oxygens (including phenoxy) is 1. The van der Waals surface area contributed by atoms with Gasteiger partial charge in [0.25, 0.3) is 0 Å². The number of hydrogen-bond donors (Lipinski definition) is 1. The molecule has 0 fully saturated rings. The third-order valence-electron chi connectivity index (χ3n) is 0.980. The van der Waals surface area contributed by atoms with E-state index >= 15 is 0 Å². The van der Waals surface area contributed by atoms with Crippen LogP contribution in [0.25, 0.3) is 0 Å². The normalized spacial score (nSPS) is 14.1. The average molecular weight is 220 g/mol. The van der Waals surface area contributed by atoms with Crippen LogP contribution >= 0.6 is 15.9 Å². The lowest BCUT2D eigenvalue weighted by atomic mass is 10.4. The molecule has 0 radical (unpaired) electrons.